The van der Waals surface area contributed by atoms with Crippen LogP contribution in [0.25, 0.3) is 0 Å². The van der Waals surface area contributed by atoms with Gasteiger partial charge in [0.1, 0.15) is 0 Å². The van der Waals surface area contributed by atoms with Gasteiger partial charge in [0, 0.05) is 22.0 Å². The first-order chi connectivity index (χ1) is 6.84. The van der Waals surface area contributed by atoms with E-state index in [1.807, 2.05) is 11.3 Å². The first-order valence-electron chi connectivity index (χ1n) is 5.39. The summed E-state index contributed by atoms with van der Waals surface area (Å²) in [6.45, 7) is 11.2. The standard InChI is InChI=1S/C12H20BrNS/c1-8(2)6-10-14-11(12(3,4)5)9(7-13)15-10/h8H,6-7H2,1-5H3. The van der Waals surface area contributed by atoms with E-state index in [1.165, 1.54) is 15.6 Å². The predicted molar refractivity (Wildman–Crippen MR) is 72.0 cm³/mol. The average molecular weight is 290 g/mol. The molecule has 0 fully saturated rings. The minimum atomic E-state index is 0.162. The molecule has 0 atom stereocenters. The third kappa shape index (κ3) is 3.56. The zero-order valence-corrected chi connectivity index (χ0v) is 12.6. The van der Waals surface area contributed by atoms with E-state index in [0.717, 1.165) is 11.8 Å². The molecule has 1 nitrogen and oxygen atoms in total. The molecule has 0 amide bonds. The van der Waals surface area contributed by atoms with Gasteiger partial charge in [-0.2, -0.15) is 0 Å². The van der Waals surface area contributed by atoms with Crippen LogP contribution >= 0.6 is 27.3 Å². The number of halogens is 1. The van der Waals surface area contributed by atoms with Gasteiger partial charge in [0.25, 0.3) is 0 Å². The molecular weight excluding hydrogens is 270 g/mol. The van der Waals surface area contributed by atoms with Gasteiger partial charge in [0.05, 0.1) is 10.7 Å². The Bertz CT molecular complexity index is 323. The Hall–Kier alpha value is 0.110. The summed E-state index contributed by atoms with van der Waals surface area (Å²) in [4.78, 5) is 6.17. The summed E-state index contributed by atoms with van der Waals surface area (Å²) in [5.41, 5.74) is 1.43. The normalized spacial score (nSPS) is 12.5. The van der Waals surface area contributed by atoms with Crippen molar-refractivity contribution in [3.05, 3.63) is 15.6 Å². The maximum atomic E-state index is 4.78. The van der Waals surface area contributed by atoms with Gasteiger partial charge in [-0.1, -0.05) is 50.5 Å². The molecule has 0 bridgehead atoms. The van der Waals surface area contributed by atoms with Crippen molar-refractivity contribution in [3.63, 3.8) is 0 Å². The molecule has 0 spiro atoms. The lowest BCUT2D eigenvalue weighted by Gasteiger charge is -2.16. The van der Waals surface area contributed by atoms with Crippen LogP contribution in [0.15, 0.2) is 0 Å². The van der Waals surface area contributed by atoms with Gasteiger partial charge >= 0.3 is 0 Å². The van der Waals surface area contributed by atoms with Crippen LogP contribution in [-0.2, 0) is 17.2 Å². The molecule has 0 saturated heterocycles. The Kier molecular flexibility index (Phi) is 4.36. The zero-order chi connectivity index (χ0) is 11.6. The number of aromatic nitrogens is 1. The minimum absolute atomic E-state index is 0.162. The molecule has 0 aromatic carbocycles. The summed E-state index contributed by atoms with van der Waals surface area (Å²) in [6.07, 6.45) is 1.10. The van der Waals surface area contributed by atoms with E-state index in [0.29, 0.717) is 5.92 Å². The van der Waals surface area contributed by atoms with Crippen molar-refractivity contribution in [1.29, 1.82) is 0 Å². The summed E-state index contributed by atoms with van der Waals surface area (Å²) in [7, 11) is 0. The molecule has 0 aliphatic heterocycles. The van der Waals surface area contributed by atoms with E-state index in [4.69, 9.17) is 4.98 Å². The van der Waals surface area contributed by atoms with E-state index in [9.17, 15) is 0 Å². The Labute approximate surface area is 105 Å². The molecule has 1 rings (SSSR count). The maximum absolute atomic E-state index is 4.78. The van der Waals surface area contributed by atoms with Crippen LogP contribution in [0, 0.1) is 5.92 Å². The Morgan fingerprint density at radius 1 is 1.33 bits per heavy atom. The Balaban J connectivity index is 3.01. The molecule has 1 aromatic heterocycles. The monoisotopic (exact) mass is 289 g/mol. The highest BCUT2D eigenvalue weighted by Gasteiger charge is 2.22. The van der Waals surface area contributed by atoms with Crippen molar-refractivity contribution in [2.45, 2.75) is 51.8 Å². The van der Waals surface area contributed by atoms with Crippen molar-refractivity contribution in [2.24, 2.45) is 5.92 Å². The number of thiazole rings is 1. The molecule has 3 heteroatoms. The van der Waals surface area contributed by atoms with Gasteiger partial charge in [0.15, 0.2) is 0 Å². The van der Waals surface area contributed by atoms with Crippen molar-refractivity contribution in [1.82, 2.24) is 4.98 Å². The first-order valence-corrected chi connectivity index (χ1v) is 7.33. The summed E-state index contributed by atoms with van der Waals surface area (Å²) < 4.78 is 0. The molecule has 0 radical (unpaired) electrons. The molecule has 15 heavy (non-hydrogen) atoms. The molecule has 0 aliphatic carbocycles. The number of nitrogens with zero attached hydrogens (tertiary/aromatic N) is 1. The van der Waals surface area contributed by atoms with Gasteiger partial charge in [-0.15, -0.1) is 11.3 Å². The quantitative estimate of drug-likeness (QED) is 0.745. The van der Waals surface area contributed by atoms with Crippen molar-refractivity contribution >= 4 is 27.3 Å². The molecule has 0 unspecified atom stereocenters. The lowest BCUT2D eigenvalue weighted by molar-refractivity contribution is 0.562. The molecule has 1 heterocycles. The maximum Gasteiger partial charge on any atom is 0.0934 e. The number of hydrogen-bond acceptors (Lipinski definition) is 2. The average Bonchev–Trinajstić information content (AvgIpc) is 2.45. The van der Waals surface area contributed by atoms with Crippen LogP contribution in [0.5, 0.6) is 0 Å². The third-order valence-electron chi connectivity index (χ3n) is 2.16. The summed E-state index contributed by atoms with van der Waals surface area (Å²) in [6, 6.07) is 0. The van der Waals surface area contributed by atoms with Gasteiger partial charge in [-0.3, -0.25) is 0 Å². The fourth-order valence-electron chi connectivity index (χ4n) is 1.51. The van der Waals surface area contributed by atoms with Gasteiger partial charge in [0.2, 0.25) is 0 Å². The molecule has 0 N–H and O–H groups in total. The lowest BCUT2D eigenvalue weighted by Crippen LogP contribution is -2.13. The first kappa shape index (κ1) is 13.2. The Morgan fingerprint density at radius 2 is 1.93 bits per heavy atom. The largest absolute Gasteiger partial charge is 0.245 e. The van der Waals surface area contributed by atoms with Crippen molar-refractivity contribution < 1.29 is 0 Å². The fraction of sp³-hybridized carbons (Fsp3) is 0.750. The zero-order valence-electron chi connectivity index (χ0n) is 10.2. The smallest absolute Gasteiger partial charge is 0.0934 e. The summed E-state index contributed by atoms with van der Waals surface area (Å²) in [5, 5.41) is 2.21. The van der Waals surface area contributed by atoms with Crippen LogP contribution in [0.4, 0.5) is 0 Å². The Morgan fingerprint density at radius 3 is 2.27 bits per heavy atom. The van der Waals surface area contributed by atoms with Crippen LogP contribution in [0.1, 0.15) is 50.2 Å². The summed E-state index contributed by atoms with van der Waals surface area (Å²) >= 11 is 5.41. The second kappa shape index (κ2) is 4.96. The van der Waals surface area contributed by atoms with Crippen LogP contribution in [-0.4, -0.2) is 4.98 Å². The van der Waals surface area contributed by atoms with E-state index >= 15 is 0 Å². The highest BCUT2D eigenvalue weighted by molar-refractivity contribution is 9.08. The second-order valence-corrected chi connectivity index (χ2v) is 7.09. The fourth-order valence-corrected chi connectivity index (χ4v) is 3.46. The predicted octanol–water partition coefficient (Wildman–Crippen LogP) is 4.53. The van der Waals surface area contributed by atoms with E-state index in [1.54, 1.807) is 0 Å². The van der Waals surface area contributed by atoms with E-state index in [-0.39, 0.29) is 5.41 Å². The number of rotatable bonds is 3. The highest BCUT2D eigenvalue weighted by Crippen LogP contribution is 2.31. The van der Waals surface area contributed by atoms with Crippen molar-refractivity contribution in [2.75, 3.05) is 0 Å². The topological polar surface area (TPSA) is 12.9 Å². The molecule has 86 valence electrons. The van der Waals surface area contributed by atoms with Gasteiger partial charge < -0.3 is 0 Å². The summed E-state index contributed by atoms with van der Waals surface area (Å²) in [5.74, 6) is 0.687. The second-order valence-electron chi connectivity index (χ2n) is 5.36. The van der Waals surface area contributed by atoms with Gasteiger partial charge in [-0.05, 0) is 5.92 Å². The van der Waals surface area contributed by atoms with Crippen molar-refractivity contribution in [3.8, 4) is 0 Å². The SMILES string of the molecule is CC(C)Cc1nc(C(C)(C)C)c(CBr)s1. The highest BCUT2D eigenvalue weighted by atomic mass is 79.9. The molecular formula is C12H20BrNS. The molecule has 0 saturated carbocycles. The molecule has 1 aromatic rings. The minimum Gasteiger partial charge on any atom is -0.245 e. The number of alkyl halides is 1. The third-order valence-corrected chi connectivity index (χ3v) is 4.17. The van der Waals surface area contributed by atoms with Crippen LogP contribution in [0.2, 0.25) is 0 Å². The van der Waals surface area contributed by atoms with Crippen LogP contribution < -0.4 is 0 Å². The van der Waals surface area contributed by atoms with Crippen LogP contribution in [0.3, 0.4) is 0 Å². The lowest BCUT2D eigenvalue weighted by atomic mass is 9.91. The van der Waals surface area contributed by atoms with E-state index < -0.39 is 0 Å². The molecule has 0 aliphatic rings. The van der Waals surface area contributed by atoms with Gasteiger partial charge in [-0.25, -0.2) is 4.98 Å². The van der Waals surface area contributed by atoms with E-state index in [2.05, 4.69) is 50.5 Å². The number of hydrogen-bond donors (Lipinski definition) is 0.